The van der Waals surface area contributed by atoms with Gasteiger partial charge in [-0.1, -0.05) is 0 Å². The quantitative estimate of drug-likeness (QED) is 0.788. The lowest BCUT2D eigenvalue weighted by Gasteiger charge is -2.23. The second-order valence-electron chi connectivity index (χ2n) is 8.01. The summed E-state index contributed by atoms with van der Waals surface area (Å²) in [4.78, 5) is 32.1. The Labute approximate surface area is 161 Å². The van der Waals surface area contributed by atoms with E-state index in [1.807, 2.05) is 17.0 Å². The van der Waals surface area contributed by atoms with Crippen molar-refractivity contribution in [3.05, 3.63) is 35.8 Å². The van der Waals surface area contributed by atoms with E-state index in [0.717, 1.165) is 10.7 Å². The molecule has 0 bridgehead atoms. The number of hydrogen-bond donors (Lipinski definition) is 0. The molecule has 148 valence electrons. The van der Waals surface area contributed by atoms with Gasteiger partial charge in [0.1, 0.15) is 17.6 Å². The van der Waals surface area contributed by atoms with Gasteiger partial charge in [0.05, 0.1) is 36.2 Å². The molecule has 2 amide bonds. The van der Waals surface area contributed by atoms with Gasteiger partial charge in [0.25, 0.3) is 5.91 Å². The van der Waals surface area contributed by atoms with Crippen molar-refractivity contribution in [1.82, 2.24) is 19.7 Å². The van der Waals surface area contributed by atoms with Crippen LogP contribution in [0.5, 0.6) is 0 Å². The number of hydrogen-bond acceptors (Lipinski definition) is 6. The minimum Gasteiger partial charge on any atom is -0.443 e. The van der Waals surface area contributed by atoms with Crippen molar-refractivity contribution in [3.8, 4) is 5.69 Å². The van der Waals surface area contributed by atoms with Gasteiger partial charge >= 0.3 is 6.09 Å². The molecule has 0 radical (unpaired) electrons. The number of rotatable bonds is 2. The van der Waals surface area contributed by atoms with Crippen molar-refractivity contribution in [2.75, 3.05) is 18.0 Å². The van der Waals surface area contributed by atoms with Crippen LogP contribution in [0.1, 0.15) is 43.2 Å². The van der Waals surface area contributed by atoms with E-state index in [1.165, 1.54) is 0 Å². The van der Waals surface area contributed by atoms with Gasteiger partial charge in [0.2, 0.25) is 0 Å². The van der Waals surface area contributed by atoms with E-state index in [-0.39, 0.29) is 6.54 Å². The third kappa shape index (κ3) is 3.44. The van der Waals surface area contributed by atoms with Crippen molar-refractivity contribution in [2.45, 2.75) is 45.5 Å². The van der Waals surface area contributed by atoms with Crippen molar-refractivity contribution in [1.29, 1.82) is 0 Å². The largest absolute Gasteiger partial charge is 0.443 e. The van der Waals surface area contributed by atoms with Crippen LogP contribution in [-0.2, 0) is 11.3 Å². The van der Waals surface area contributed by atoms with E-state index in [0.29, 0.717) is 36.5 Å². The minimum absolute atomic E-state index is 0.0766. The summed E-state index contributed by atoms with van der Waals surface area (Å²) in [6, 6.07) is 3.64. The number of imide groups is 1. The zero-order chi connectivity index (χ0) is 20.1. The average Bonchev–Trinajstić information content (AvgIpc) is 3.30. The monoisotopic (exact) mass is 387 g/mol. The third-order valence-corrected chi connectivity index (χ3v) is 4.64. The molecule has 1 fully saturated rings. The maximum atomic E-state index is 13.4. The fourth-order valence-electron chi connectivity index (χ4n) is 3.30. The molecule has 1 atom stereocenters. The highest BCUT2D eigenvalue weighted by atomic mass is 19.1. The van der Waals surface area contributed by atoms with E-state index < -0.39 is 23.8 Å². The molecular formula is C19H22FN5O3. The first-order valence-corrected chi connectivity index (χ1v) is 9.20. The Morgan fingerprint density at radius 1 is 1.32 bits per heavy atom. The highest BCUT2D eigenvalue weighted by Gasteiger charge is 2.37. The van der Waals surface area contributed by atoms with Gasteiger partial charge in [-0.05, 0) is 39.3 Å². The second kappa shape index (κ2) is 6.57. The average molecular weight is 387 g/mol. The summed E-state index contributed by atoms with van der Waals surface area (Å²) in [6.07, 6.45) is 2.26. The molecule has 0 aliphatic carbocycles. The van der Waals surface area contributed by atoms with Crippen LogP contribution in [0.2, 0.25) is 0 Å². The number of carbonyl (C=O) groups excluding carboxylic acids is 2. The highest BCUT2D eigenvalue weighted by molar-refractivity contribution is 6.06. The molecule has 2 aromatic rings. The van der Waals surface area contributed by atoms with Crippen molar-refractivity contribution in [2.24, 2.45) is 0 Å². The molecule has 0 spiro atoms. The summed E-state index contributed by atoms with van der Waals surface area (Å²) in [5.74, 6) is 0.293. The van der Waals surface area contributed by atoms with Crippen LogP contribution in [0.3, 0.4) is 0 Å². The van der Waals surface area contributed by atoms with E-state index in [1.54, 1.807) is 37.8 Å². The second-order valence-corrected chi connectivity index (χ2v) is 8.01. The molecule has 4 rings (SSSR count). The van der Waals surface area contributed by atoms with Crippen LogP contribution in [0.15, 0.2) is 24.5 Å². The van der Waals surface area contributed by atoms with Crippen molar-refractivity contribution in [3.63, 3.8) is 0 Å². The maximum Gasteiger partial charge on any atom is 0.417 e. The number of amides is 2. The Bertz CT molecular complexity index is 919. The van der Waals surface area contributed by atoms with Crippen LogP contribution in [0.25, 0.3) is 5.69 Å². The molecule has 2 aliphatic heterocycles. The van der Waals surface area contributed by atoms with Gasteiger partial charge in [-0.2, -0.15) is 5.10 Å². The Balaban J connectivity index is 1.49. The van der Waals surface area contributed by atoms with Crippen LogP contribution in [0.4, 0.5) is 15.0 Å². The number of nitrogens with zero attached hydrogens (tertiary/aromatic N) is 5. The summed E-state index contributed by atoms with van der Waals surface area (Å²) < 4.78 is 20.2. The molecule has 2 aromatic heterocycles. The molecule has 0 aromatic carbocycles. The molecule has 2 aliphatic rings. The number of halogens is 1. The summed E-state index contributed by atoms with van der Waals surface area (Å²) in [5, 5.41) is 4.41. The van der Waals surface area contributed by atoms with Gasteiger partial charge < -0.3 is 9.64 Å². The lowest BCUT2D eigenvalue weighted by Crippen LogP contribution is -2.37. The summed E-state index contributed by atoms with van der Waals surface area (Å²) >= 11 is 0. The van der Waals surface area contributed by atoms with Gasteiger partial charge in [0.15, 0.2) is 0 Å². The lowest BCUT2D eigenvalue weighted by molar-refractivity contribution is 0.0246. The summed E-state index contributed by atoms with van der Waals surface area (Å²) in [6.45, 7) is 6.33. The van der Waals surface area contributed by atoms with Crippen LogP contribution >= 0.6 is 0 Å². The van der Waals surface area contributed by atoms with Gasteiger partial charge in [-0.15, -0.1) is 0 Å². The molecule has 1 saturated heterocycles. The standard InChI is InChI=1S/C19H22FN5O3/c1-19(2,3)28-18(27)24-11-15-14(17(24)26)10-25(22-15)13-4-5-16(21-8-13)23-7-6-12(20)9-23/h4-5,8,10,12H,6-7,9,11H2,1-3H3/t12-/m0/s1. The highest BCUT2D eigenvalue weighted by Crippen LogP contribution is 2.26. The van der Waals surface area contributed by atoms with E-state index in [2.05, 4.69) is 10.1 Å². The number of anilines is 1. The Kier molecular flexibility index (Phi) is 4.32. The van der Waals surface area contributed by atoms with Gasteiger partial charge in [-0.3, -0.25) is 4.79 Å². The van der Waals surface area contributed by atoms with E-state index in [9.17, 15) is 14.0 Å². The van der Waals surface area contributed by atoms with E-state index in [4.69, 9.17) is 4.74 Å². The molecule has 0 N–H and O–H groups in total. The molecule has 28 heavy (non-hydrogen) atoms. The first-order chi connectivity index (χ1) is 13.2. The van der Waals surface area contributed by atoms with Crippen LogP contribution in [0, 0.1) is 0 Å². The van der Waals surface area contributed by atoms with Gasteiger partial charge in [-0.25, -0.2) is 23.8 Å². The molecule has 0 saturated carbocycles. The summed E-state index contributed by atoms with van der Waals surface area (Å²) in [7, 11) is 0. The van der Waals surface area contributed by atoms with E-state index >= 15 is 0 Å². The minimum atomic E-state index is -0.811. The number of alkyl halides is 1. The Morgan fingerprint density at radius 3 is 2.68 bits per heavy atom. The normalized spacial score (nSPS) is 19.3. The molecule has 0 unspecified atom stereocenters. The molecule has 9 heteroatoms. The van der Waals surface area contributed by atoms with Gasteiger partial charge in [0, 0.05) is 12.7 Å². The predicted molar refractivity (Wildman–Crippen MR) is 99.2 cm³/mol. The first-order valence-electron chi connectivity index (χ1n) is 9.20. The Morgan fingerprint density at radius 2 is 2.11 bits per heavy atom. The molecular weight excluding hydrogens is 365 g/mol. The first kappa shape index (κ1) is 18.4. The number of carbonyl (C=O) groups is 2. The third-order valence-electron chi connectivity index (χ3n) is 4.64. The predicted octanol–water partition coefficient (Wildman–Crippen LogP) is 2.71. The number of aromatic nitrogens is 3. The van der Waals surface area contributed by atoms with Crippen molar-refractivity contribution >= 4 is 17.8 Å². The smallest absolute Gasteiger partial charge is 0.417 e. The van der Waals surface area contributed by atoms with Crippen LogP contribution in [-0.4, -0.2) is 56.5 Å². The van der Waals surface area contributed by atoms with Crippen LogP contribution < -0.4 is 4.90 Å². The maximum absolute atomic E-state index is 13.4. The fourth-order valence-corrected chi connectivity index (χ4v) is 3.30. The number of pyridine rings is 1. The SMILES string of the molecule is CC(C)(C)OC(=O)N1Cc2nn(-c3ccc(N4CC[C@H](F)C4)nc3)cc2C1=O. The molecule has 4 heterocycles. The summed E-state index contributed by atoms with van der Waals surface area (Å²) in [5.41, 5.74) is 0.891. The number of ether oxygens (including phenoxy) is 1. The van der Waals surface area contributed by atoms with Crippen molar-refractivity contribution < 1.29 is 18.7 Å². The zero-order valence-corrected chi connectivity index (χ0v) is 16.1. The Hall–Kier alpha value is -2.97. The zero-order valence-electron chi connectivity index (χ0n) is 16.1. The lowest BCUT2D eigenvalue weighted by atomic mass is 10.2. The fraction of sp³-hybridized carbons (Fsp3) is 0.474. The molecule has 8 nitrogen and oxygen atoms in total. The number of fused-ring (bicyclic) bond motifs is 1. The topological polar surface area (TPSA) is 80.6 Å².